The topological polar surface area (TPSA) is 49.4 Å². The van der Waals surface area contributed by atoms with E-state index in [1.165, 1.54) is 0 Å². The van der Waals surface area contributed by atoms with E-state index >= 15 is 0 Å². The van der Waals surface area contributed by atoms with Crippen molar-refractivity contribution in [1.82, 2.24) is 10.2 Å². The molecule has 2 aromatic rings. The Bertz CT molecular complexity index is 756. The monoisotopic (exact) mass is 366 g/mol. The Morgan fingerprint density at radius 3 is 2.22 bits per heavy atom. The molecular formula is C23H30N2O2. The Kier molecular flexibility index (Phi) is 7.59. The summed E-state index contributed by atoms with van der Waals surface area (Å²) in [5.74, 6) is -0.125. The van der Waals surface area contributed by atoms with Crippen LogP contribution < -0.4 is 5.32 Å². The van der Waals surface area contributed by atoms with Crippen molar-refractivity contribution in [1.29, 1.82) is 0 Å². The zero-order valence-electron chi connectivity index (χ0n) is 16.7. The third-order valence-corrected chi connectivity index (χ3v) is 4.67. The van der Waals surface area contributed by atoms with Gasteiger partial charge in [0.15, 0.2) is 0 Å². The van der Waals surface area contributed by atoms with Gasteiger partial charge in [0.2, 0.25) is 11.8 Å². The summed E-state index contributed by atoms with van der Waals surface area (Å²) in [5, 5.41) is 2.92. The lowest BCUT2D eigenvalue weighted by Gasteiger charge is -2.30. The molecule has 0 radical (unpaired) electrons. The third kappa shape index (κ3) is 6.24. The molecule has 0 bridgehead atoms. The first-order chi connectivity index (χ1) is 12.9. The molecule has 1 N–H and O–H groups in total. The van der Waals surface area contributed by atoms with E-state index in [2.05, 4.69) is 5.32 Å². The highest BCUT2D eigenvalue weighted by Gasteiger charge is 2.26. The molecule has 4 heteroatoms. The van der Waals surface area contributed by atoms with Crippen LogP contribution >= 0.6 is 0 Å². The van der Waals surface area contributed by atoms with Crippen LogP contribution in [0.3, 0.4) is 0 Å². The van der Waals surface area contributed by atoms with Gasteiger partial charge in [-0.1, -0.05) is 54.6 Å². The Morgan fingerprint density at radius 2 is 1.59 bits per heavy atom. The van der Waals surface area contributed by atoms with Crippen molar-refractivity contribution >= 4 is 11.8 Å². The normalized spacial score (nSPS) is 11.9. The summed E-state index contributed by atoms with van der Waals surface area (Å²) in [6, 6.07) is 17.5. The number of carbonyl (C=O) groups is 2. The smallest absolute Gasteiger partial charge is 0.242 e. The summed E-state index contributed by atoms with van der Waals surface area (Å²) in [7, 11) is 0. The quantitative estimate of drug-likeness (QED) is 0.771. The Labute approximate surface area is 162 Å². The lowest BCUT2D eigenvalue weighted by molar-refractivity contribution is -0.140. The van der Waals surface area contributed by atoms with Crippen LogP contribution in [0.25, 0.3) is 0 Å². The second kappa shape index (κ2) is 9.91. The molecule has 2 amide bonds. The third-order valence-electron chi connectivity index (χ3n) is 4.67. The highest BCUT2D eigenvalue weighted by Crippen LogP contribution is 2.15. The van der Waals surface area contributed by atoms with Gasteiger partial charge in [0, 0.05) is 19.0 Å². The SMILES string of the molecule is Cc1ccccc1CN(C(=O)CCc1ccccc1)[C@H](C)C(=O)NC(C)C. The summed E-state index contributed by atoms with van der Waals surface area (Å²) < 4.78 is 0. The van der Waals surface area contributed by atoms with Crippen LogP contribution in [-0.2, 0) is 22.6 Å². The lowest BCUT2D eigenvalue weighted by atomic mass is 10.1. The Balaban J connectivity index is 2.15. The number of carbonyl (C=O) groups excluding carboxylic acids is 2. The minimum atomic E-state index is -0.518. The number of aryl methyl sites for hydroxylation is 2. The molecule has 27 heavy (non-hydrogen) atoms. The van der Waals surface area contributed by atoms with Gasteiger partial charge in [0.05, 0.1) is 0 Å². The Hall–Kier alpha value is -2.62. The van der Waals surface area contributed by atoms with Crippen LogP contribution in [0.4, 0.5) is 0 Å². The average Bonchev–Trinajstić information content (AvgIpc) is 2.65. The van der Waals surface area contributed by atoms with Crippen LogP contribution in [0, 0.1) is 6.92 Å². The Morgan fingerprint density at radius 1 is 0.963 bits per heavy atom. The molecule has 0 unspecified atom stereocenters. The van der Waals surface area contributed by atoms with Gasteiger partial charge in [-0.2, -0.15) is 0 Å². The maximum Gasteiger partial charge on any atom is 0.242 e. The standard InChI is InChI=1S/C23H30N2O2/c1-17(2)24-23(27)19(4)25(16-21-13-9-8-10-18(21)3)22(26)15-14-20-11-6-5-7-12-20/h5-13,17,19H,14-16H2,1-4H3,(H,24,27)/t19-/m1/s1. The maximum absolute atomic E-state index is 13.0. The van der Waals surface area contributed by atoms with Crippen LogP contribution in [0.5, 0.6) is 0 Å². The highest BCUT2D eigenvalue weighted by atomic mass is 16.2. The van der Waals surface area contributed by atoms with E-state index in [1.54, 1.807) is 11.8 Å². The molecule has 2 rings (SSSR count). The van der Waals surface area contributed by atoms with Crippen molar-refractivity contribution < 1.29 is 9.59 Å². The number of benzene rings is 2. The van der Waals surface area contributed by atoms with E-state index in [9.17, 15) is 9.59 Å². The molecule has 0 fully saturated rings. The number of nitrogens with zero attached hydrogens (tertiary/aromatic N) is 1. The molecule has 1 atom stereocenters. The van der Waals surface area contributed by atoms with E-state index in [1.807, 2.05) is 75.4 Å². The fourth-order valence-electron chi connectivity index (χ4n) is 3.00. The first kappa shape index (κ1) is 20.7. The number of hydrogen-bond acceptors (Lipinski definition) is 2. The molecule has 0 aliphatic carbocycles. The molecule has 144 valence electrons. The molecule has 2 aromatic carbocycles. The van der Waals surface area contributed by atoms with Crippen molar-refractivity contribution in [3.05, 3.63) is 71.3 Å². The largest absolute Gasteiger partial charge is 0.352 e. The van der Waals surface area contributed by atoms with Gasteiger partial charge in [-0.15, -0.1) is 0 Å². The fourth-order valence-corrected chi connectivity index (χ4v) is 3.00. The maximum atomic E-state index is 13.0. The van der Waals surface area contributed by atoms with Crippen LogP contribution in [0.2, 0.25) is 0 Å². The van der Waals surface area contributed by atoms with Gasteiger partial charge < -0.3 is 10.2 Å². The first-order valence-electron chi connectivity index (χ1n) is 9.56. The first-order valence-corrected chi connectivity index (χ1v) is 9.56. The number of nitrogens with one attached hydrogen (secondary N) is 1. The van der Waals surface area contributed by atoms with Crippen molar-refractivity contribution in [3.63, 3.8) is 0 Å². The molecule has 0 aliphatic heterocycles. The van der Waals surface area contributed by atoms with Gasteiger partial charge in [0.25, 0.3) is 0 Å². The van der Waals surface area contributed by atoms with Gasteiger partial charge >= 0.3 is 0 Å². The number of amides is 2. The van der Waals surface area contributed by atoms with Crippen LogP contribution in [0.15, 0.2) is 54.6 Å². The summed E-state index contributed by atoms with van der Waals surface area (Å²) >= 11 is 0. The zero-order valence-corrected chi connectivity index (χ0v) is 16.7. The van der Waals surface area contributed by atoms with Gasteiger partial charge in [-0.3, -0.25) is 9.59 Å². The zero-order chi connectivity index (χ0) is 19.8. The minimum absolute atomic E-state index is 0.00601. The summed E-state index contributed by atoms with van der Waals surface area (Å²) in [6.07, 6.45) is 1.05. The molecular weight excluding hydrogens is 336 g/mol. The number of rotatable bonds is 8. The van der Waals surface area contributed by atoms with Crippen molar-refractivity contribution in [3.8, 4) is 0 Å². The summed E-state index contributed by atoms with van der Waals surface area (Å²) in [4.78, 5) is 27.3. The lowest BCUT2D eigenvalue weighted by Crippen LogP contribution is -2.49. The van der Waals surface area contributed by atoms with Crippen LogP contribution in [0.1, 0.15) is 43.9 Å². The van der Waals surface area contributed by atoms with E-state index in [-0.39, 0.29) is 17.9 Å². The minimum Gasteiger partial charge on any atom is -0.352 e. The number of hydrogen-bond donors (Lipinski definition) is 1. The van der Waals surface area contributed by atoms with Crippen molar-refractivity contribution in [2.45, 2.75) is 59.2 Å². The molecule has 4 nitrogen and oxygen atoms in total. The second-order valence-corrected chi connectivity index (χ2v) is 7.27. The summed E-state index contributed by atoms with van der Waals surface area (Å²) in [5.41, 5.74) is 3.31. The van der Waals surface area contributed by atoms with Gasteiger partial charge in [0.1, 0.15) is 6.04 Å². The average molecular weight is 367 g/mol. The molecule has 0 saturated heterocycles. The summed E-state index contributed by atoms with van der Waals surface area (Å²) in [6.45, 7) is 8.12. The van der Waals surface area contributed by atoms with E-state index in [0.29, 0.717) is 19.4 Å². The molecule has 0 spiro atoms. The van der Waals surface area contributed by atoms with Gasteiger partial charge in [-0.05, 0) is 50.8 Å². The molecule has 0 aliphatic rings. The van der Waals surface area contributed by atoms with Crippen molar-refractivity contribution in [2.24, 2.45) is 0 Å². The predicted octanol–water partition coefficient (Wildman–Crippen LogP) is 3.87. The molecule has 0 aromatic heterocycles. The van der Waals surface area contributed by atoms with E-state index in [4.69, 9.17) is 0 Å². The predicted molar refractivity (Wildman–Crippen MR) is 109 cm³/mol. The van der Waals surface area contributed by atoms with E-state index < -0.39 is 6.04 Å². The van der Waals surface area contributed by atoms with Crippen molar-refractivity contribution in [2.75, 3.05) is 0 Å². The molecule has 0 heterocycles. The fraction of sp³-hybridized carbons (Fsp3) is 0.391. The second-order valence-electron chi connectivity index (χ2n) is 7.27. The molecule has 0 saturated carbocycles. The van der Waals surface area contributed by atoms with Gasteiger partial charge in [-0.25, -0.2) is 0 Å². The highest BCUT2D eigenvalue weighted by molar-refractivity contribution is 5.87. The van der Waals surface area contributed by atoms with Crippen LogP contribution in [-0.4, -0.2) is 28.8 Å². The van der Waals surface area contributed by atoms with E-state index in [0.717, 1.165) is 16.7 Å².